The van der Waals surface area contributed by atoms with E-state index in [4.69, 9.17) is 4.42 Å². The molecule has 0 saturated heterocycles. The third-order valence-corrected chi connectivity index (χ3v) is 3.42. The van der Waals surface area contributed by atoms with Gasteiger partial charge in [0.05, 0.1) is 24.4 Å². The number of aryl methyl sites for hydroxylation is 1. The number of nitrogens with zero attached hydrogens (tertiary/aromatic N) is 4. The van der Waals surface area contributed by atoms with E-state index < -0.39 is 0 Å². The molecule has 108 valence electrons. The molecule has 0 amide bonds. The lowest BCUT2D eigenvalue weighted by atomic mass is 10.2. The van der Waals surface area contributed by atoms with Crippen LogP contribution in [0.4, 0.5) is 11.5 Å². The summed E-state index contributed by atoms with van der Waals surface area (Å²) in [5.74, 6) is 0.834. The SMILES string of the molecule is Cc1cnn2c(Nc3ccncc3)cc(-c3ccoc3)nc12. The number of nitrogens with one attached hydrogen (secondary N) is 1. The van der Waals surface area contributed by atoms with Gasteiger partial charge in [-0.15, -0.1) is 0 Å². The van der Waals surface area contributed by atoms with E-state index in [-0.39, 0.29) is 0 Å². The molecule has 0 aliphatic carbocycles. The molecule has 0 unspecified atom stereocenters. The zero-order chi connectivity index (χ0) is 14.9. The van der Waals surface area contributed by atoms with Crippen molar-refractivity contribution in [1.82, 2.24) is 19.6 Å². The normalized spacial score (nSPS) is 11.0. The van der Waals surface area contributed by atoms with Crippen LogP contribution in [0.15, 0.2) is 59.8 Å². The van der Waals surface area contributed by atoms with Crippen molar-refractivity contribution in [2.24, 2.45) is 0 Å². The highest BCUT2D eigenvalue weighted by Crippen LogP contribution is 2.25. The van der Waals surface area contributed by atoms with Crippen LogP contribution in [0.25, 0.3) is 16.9 Å². The molecule has 0 aliphatic heterocycles. The summed E-state index contributed by atoms with van der Waals surface area (Å²) in [6, 6.07) is 7.64. The molecule has 0 fully saturated rings. The Morgan fingerprint density at radius 1 is 1.18 bits per heavy atom. The predicted octanol–water partition coefficient (Wildman–Crippen LogP) is 3.44. The minimum Gasteiger partial charge on any atom is -0.472 e. The molecule has 0 atom stereocenters. The maximum absolute atomic E-state index is 5.16. The van der Waals surface area contributed by atoms with Crippen molar-refractivity contribution in [1.29, 1.82) is 0 Å². The third kappa shape index (κ3) is 2.10. The molecule has 0 spiro atoms. The fraction of sp³-hybridized carbons (Fsp3) is 0.0625. The zero-order valence-electron chi connectivity index (χ0n) is 11.9. The van der Waals surface area contributed by atoms with Gasteiger partial charge >= 0.3 is 0 Å². The molecule has 22 heavy (non-hydrogen) atoms. The Balaban J connectivity index is 1.88. The first-order valence-corrected chi connectivity index (χ1v) is 6.86. The second-order valence-corrected chi connectivity index (χ2v) is 4.96. The standard InChI is InChI=1S/C16H13N5O/c1-11-9-18-21-15(19-13-2-5-17-6-3-13)8-14(20-16(11)21)12-4-7-22-10-12/h2-10H,1H3,(H,17,19). The molecular formula is C16H13N5O. The van der Waals surface area contributed by atoms with Gasteiger partial charge in [0.2, 0.25) is 0 Å². The van der Waals surface area contributed by atoms with Gasteiger partial charge in [0, 0.05) is 35.3 Å². The summed E-state index contributed by atoms with van der Waals surface area (Å²) in [7, 11) is 0. The summed E-state index contributed by atoms with van der Waals surface area (Å²) in [6.45, 7) is 1.99. The van der Waals surface area contributed by atoms with Crippen molar-refractivity contribution in [3.63, 3.8) is 0 Å². The van der Waals surface area contributed by atoms with Crippen LogP contribution in [0, 0.1) is 6.92 Å². The van der Waals surface area contributed by atoms with Crippen molar-refractivity contribution in [3.05, 3.63) is 60.9 Å². The van der Waals surface area contributed by atoms with Crippen LogP contribution in [-0.4, -0.2) is 19.6 Å². The van der Waals surface area contributed by atoms with Crippen LogP contribution in [0.1, 0.15) is 5.56 Å². The molecule has 1 N–H and O–H groups in total. The molecule has 4 heterocycles. The first-order valence-electron chi connectivity index (χ1n) is 6.86. The van der Waals surface area contributed by atoms with Crippen LogP contribution in [0.5, 0.6) is 0 Å². The van der Waals surface area contributed by atoms with Gasteiger partial charge < -0.3 is 9.73 Å². The summed E-state index contributed by atoms with van der Waals surface area (Å²) in [5.41, 5.74) is 4.54. The number of pyridine rings is 1. The molecule has 4 aromatic heterocycles. The number of hydrogen-bond acceptors (Lipinski definition) is 5. The molecule has 0 aliphatic rings. The molecule has 0 aromatic carbocycles. The summed E-state index contributed by atoms with van der Waals surface area (Å²) in [6.07, 6.45) is 8.61. The minimum absolute atomic E-state index is 0.815. The summed E-state index contributed by atoms with van der Waals surface area (Å²) in [4.78, 5) is 8.69. The molecule has 4 rings (SSSR count). The minimum atomic E-state index is 0.815. The number of rotatable bonds is 3. The predicted molar refractivity (Wildman–Crippen MR) is 82.9 cm³/mol. The van der Waals surface area contributed by atoms with E-state index in [9.17, 15) is 0 Å². The van der Waals surface area contributed by atoms with Gasteiger partial charge in [0.1, 0.15) is 5.82 Å². The second-order valence-electron chi connectivity index (χ2n) is 4.96. The van der Waals surface area contributed by atoms with Crippen molar-refractivity contribution in [2.75, 3.05) is 5.32 Å². The van der Waals surface area contributed by atoms with Gasteiger partial charge in [-0.25, -0.2) is 4.98 Å². The average Bonchev–Trinajstić information content (AvgIpc) is 3.19. The lowest BCUT2D eigenvalue weighted by Gasteiger charge is -2.10. The van der Waals surface area contributed by atoms with Crippen LogP contribution >= 0.6 is 0 Å². The number of hydrogen-bond donors (Lipinski definition) is 1. The van der Waals surface area contributed by atoms with Crippen molar-refractivity contribution in [3.8, 4) is 11.3 Å². The molecule has 6 nitrogen and oxygen atoms in total. The monoisotopic (exact) mass is 291 g/mol. The fourth-order valence-electron chi connectivity index (χ4n) is 2.30. The van der Waals surface area contributed by atoms with E-state index in [2.05, 4.69) is 20.4 Å². The lowest BCUT2D eigenvalue weighted by Crippen LogP contribution is -2.02. The highest BCUT2D eigenvalue weighted by Gasteiger charge is 2.11. The Morgan fingerprint density at radius 3 is 2.82 bits per heavy atom. The maximum atomic E-state index is 5.16. The fourth-order valence-corrected chi connectivity index (χ4v) is 2.30. The molecule has 6 heteroatoms. The number of aromatic nitrogens is 4. The third-order valence-electron chi connectivity index (χ3n) is 3.42. The molecule has 0 bridgehead atoms. The highest BCUT2D eigenvalue weighted by molar-refractivity contribution is 5.69. The van der Waals surface area contributed by atoms with Crippen molar-refractivity contribution in [2.45, 2.75) is 6.92 Å². The smallest absolute Gasteiger partial charge is 0.160 e. The molecular weight excluding hydrogens is 278 g/mol. The van der Waals surface area contributed by atoms with Gasteiger partial charge in [-0.05, 0) is 25.1 Å². The Hall–Kier alpha value is -3.15. The summed E-state index contributed by atoms with van der Waals surface area (Å²) in [5, 5.41) is 7.74. The van der Waals surface area contributed by atoms with Crippen LogP contribution in [-0.2, 0) is 0 Å². The van der Waals surface area contributed by atoms with Gasteiger partial charge in [-0.3, -0.25) is 4.98 Å². The Bertz CT molecular complexity index is 913. The molecule has 4 aromatic rings. The van der Waals surface area contributed by atoms with E-state index in [0.29, 0.717) is 0 Å². The van der Waals surface area contributed by atoms with Crippen LogP contribution in [0.3, 0.4) is 0 Å². The van der Waals surface area contributed by atoms with Crippen molar-refractivity contribution < 1.29 is 4.42 Å². The van der Waals surface area contributed by atoms with Gasteiger partial charge in [-0.1, -0.05) is 0 Å². The van der Waals surface area contributed by atoms with Gasteiger partial charge in [0.15, 0.2) is 5.65 Å². The Labute approximate surface area is 126 Å². The molecule has 0 radical (unpaired) electrons. The average molecular weight is 291 g/mol. The topological polar surface area (TPSA) is 68.2 Å². The Morgan fingerprint density at radius 2 is 2.05 bits per heavy atom. The second kappa shape index (κ2) is 5.00. The van der Waals surface area contributed by atoms with Crippen molar-refractivity contribution >= 4 is 17.2 Å². The van der Waals surface area contributed by atoms with E-state index in [0.717, 1.165) is 34.0 Å². The van der Waals surface area contributed by atoms with Gasteiger partial charge in [0.25, 0.3) is 0 Å². The lowest BCUT2D eigenvalue weighted by molar-refractivity contribution is 0.568. The van der Waals surface area contributed by atoms with E-state index in [1.54, 1.807) is 35.6 Å². The number of anilines is 2. The number of furan rings is 1. The highest BCUT2D eigenvalue weighted by atomic mass is 16.3. The maximum Gasteiger partial charge on any atom is 0.160 e. The van der Waals surface area contributed by atoms with E-state index in [1.807, 2.05) is 31.2 Å². The van der Waals surface area contributed by atoms with E-state index in [1.165, 1.54) is 0 Å². The largest absolute Gasteiger partial charge is 0.472 e. The van der Waals surface area contributed by atoms with Gasteiger partial charge in [-0.2, -0.15) is 9.61 Å². The first-order chi connectivity index (χ1) is 10.8. The molecule has 0 saturated carbocycles. The van der Waals surface area contributed by atoms with Crippen LogP contribution < -0.4 is 5.32 Å². The van der Waals surface area contributed by atoms with Crippen LogP contribution in [0.2, 0.25) is 0 Å². The zero-order valence-corrected chi connectivity index (χ0v) is 11.9. The number of fused-ring (bicyclic) bond motifs is 1. The summed E-state index contributed by atoms with van der Waals surface area (Å²) < 4.78 is 6.95. The summed E-state index contributed by atoms with van der Waals surface area (Å²) >= 11 is 0. The first kappa shape index (κ1) is 12.6. The Kier molecular flexibility index (Phi) is 2.86. The van der Waals surface area contributed by atoms with E-state index >= 15 is 0 Å². The quantitative estimate of drug-likeness (QED) is 0.626.